The quantitative estimate of drug-likeness (QED) is 0.915. The zero-order valence-corrected chi connectivity index (χ0v) is 12.2. The molecule has 0 spiro atoms. The molecule has 2 aromatic rings. The Hall–Kier alpha value is -2.69. The van der Waals surface area contributed by atoms with Gasteiger partial charge in [0.05, 0.1) is 19.9 Å². The summed E-state index contributed by atoms with van der Waals surface area (Å²) in [6, 6.07) is 12.4. The molecule has 0 aromatic heterocycles. The molecule has 0 atom stereocenters. The molecule has 1 N–H and O–H groups in total. The number of ether oxygens (including phenoxy) is 3. The van der Waals surface area contributed by atoms with Gasteiger partial charge >= 0.3 is 0 Å². The standard InChI is InChI=1S/C16H17NO4/c1-11(18)17-15-6-4-5-7-16(15)21-14-9-12(19-2)8-13(10-14)20-3/h4-10H,1-3H3,(H,17,18). The third-order valence-electron chi connectivity index (χ3n) is 2.75. The minimum atomic E-state index is -0.158. The molecule has 1 amide bonds. The molecule has 0 saturated carbocycles. The lowest BCUT2D eigenvalue weighted by Gasteiger charge is -2.13. The summed E-state index contributed by atoms with van der Waals surface area (Å²) in [7, 11) is 3.15. The summed E-state index contributed by atoms with van der Waals surface area (Å²) >= 11 is 0. The highest BCUT2D eigenvalue weighted by atomic mass is 16.5. The average molecular weight is 287 g/mol. The highest BCUT2D eigenvalue weighted by Gasteiger charge is 2.08. The molecule has 0 aliphatic rings. The Balaban J connectivity index is 2.31. The van der Waals surface area contributed by atoms with Gasteiger partial charge in [-0.1, -0.05) is 12.1 Å². The number of carbonyl (C=O) groups excluding carboxylic acids is 1. The number of hydrogen-bond acceptors (Lipinski definition) is 4. The summed E-state index contributed by atoms with van der Waals surface area (Å²) in [6.45, 7) is 1.45. The maximum Gasteiger partial charge on any atom is 0.221 e. The van der Waals surface area contributed by atoms with Crippen LogP contribution < -0.4 is 19.5 Å². The van der Waals surface area contributed by atoms with Crippen LogP contribution in [0.15, 0.2) is 42.5 Å². The first-order valence-electron chi connectivity index (χ1n) is 6.40. The van der Waals surface area contributed by atoms with Gasteiger partial charge in [0, 0.05) is 25.1 Å². The van der Waals surface area contributed by atoms with Crippen molar-refractivity contribution in [3.8, 4) is 23.0 Å². The topological polar surface area (TPSA) is 56.8 Å². The van der Waals surface area contributed by atoms with E-state index in [1.54, 1.807) is 44.6 Å². The fraction of sp³-hybridized carbons (Fsp3) is 0.188. The summed E-state index contributed by atoms with van der Waals surface area (Å²) in [4.78, 5) is 11.2. The van der Waals surface area contributed by atoms with Gasteiger partial charge in [-0.2, -0.15) is 0 Å². The molecule has 0 aliphatic carbocycles. The van der Waals surface area contributed by atoms with Crippen molar-refractivity contribution in [1.29, 1.82) is 0 Å². The number of para-hydroxylation sites is 2. The summed E-state index contributed by atoms with van der Waals surface area (Å²) in [5.74, 6) is 2.20. The van der Waals surface area contributed by atoms with Crippen LogP contribution in [0.2, 0.25) is 0 Å². The van der Waals surface area contributed by atoms with E-state index >= 15 is 0 Å². The van der Waals surface area contributed by atoms with Crippen LogP contribution in [0.1, 0.15) is 6.92 Å². The second-order valence-electron chi connectivity index (χ2n) is 4.33. The minimum absolute atomic E-state index is 0.158. The van der Waals surface area contributed by atoms with Gasteiger partial charge < -0.3 is 19.5 Å². The molecule has 110 valence electrons. The Morgan fingerprint density at radius 3 is 2.10 bits per heavy atom. The summed E-state index contributed by atoms with van der Waals surface area (Å²) in [5.41, 5.74) is 0.604. The van der Waals surface area contributed by atoms with E-state index in [1.807, 2.05) is 12.1 Å². The highest BCUT2D eigenvalue weighted by Crippen LogP contribution is 2.34. The molecular formula is C16H17NO4. The van der Waals surface area contributed by atoms with E-state index in [-0.39, 0.29) is 5.91 Å². The third-order valence-corrected chi connectivity index (χ3v) is 2.75. The molecule has 2 rings (SSSR count). The van der Waals surface area contributed by atoms with Gasteiger partial charge in [0.2, 0.25) is 5.91 Å². The van der Waals surface area contributed by atoms with Crippen molar-refractivity contribution in [2.75, 3.05) is 19.5 Å². The van der Waals surface area contributed by atoms with Gasteiger partial charge in [-0.05, 0) is 12.1 Å². The number of carbonyl (C=O) groups is 1. The van der Waals surface area contributed by atoms with Gasteiger partial charge in [-0.15, -0.1) is 0 Å². The molecule has 0 bridgehead atoms. The minimum Gasteiger partial charge on any atom is -0.496 e. The van der Waals surface area contributed by atoms with E-state index in [0.717, 1.165) is 0 Å². The van der Waals surface area contributed by atoms with Crippen molar-refractivity contribution in [1.82, 2.24) is 0 Å². The fourth-order valence-corrected chi connectivity index (χ4v) is 1.82. The summed E-state index contributed by atoms with van der Waals surface area (Å²) < 4.78 is 16.2. The average Bonchev–Trinajstić information content (AvgIpc) is 2.48. The predicted molar refractivity (Wildman–Crippen MR) is 80.4 cm³/mol. The lowest BCUT2D eigenvalue weighted by molar-refractivity contribution is -0.114. The van der Waals surface area contributed by atoms with Crippen molar-refractivity contribution < 1.29 is 19.0 Å². The zero-order valence-electron chi connectivity index (χ0n) is 12.2. The molecule has 21 heavy (non-hydrogen) atoms. The second kappa shape index (κ2) is 6.65. The second-order valence-corrected chi connectivity index (χ2v) is 4.33. The van der Waals surface area contributed by atoms with Gasteiger partial charge in [-0.3, -0.25) is 4.79 Å². The first kappa shape index (κ1) is 14.7. The largest absolute Gasteiger partial charge is 0.496 e. The summed E-state index contributed by atoms with van der Waals surface area (Å²) in [5, 5.41) is 2.72. The molecule has 5 heteroatoms. The number of methoxy groups -OCH3 is 2. The Kier molecular flexibility index (Phi) is 4.66. The van der Waals surface area contributed by atoms with E-state index in [9.17, 15) is 4.79 Å². The number of rotatable bonds is 5. The number of benzene rings is 2. The van der Waals surface area contributed by atoms with Crippen molar-refractivity contribution in [3.05, 3.63) is 42.5 Å². The maximum atomic E-state index is 11.2. The number of hydrogen-bond donors (Lipinski definition) is 1. The van der Waals surface area contributed by atoms with E-state index < -0.39 is 0 Å². The van der Waals surface area contributed by atoms with Gasteiger partial charge in [0.15, 0.2) is 5.75 Å². The number of amides is 1. The Labute approximate surface area is 123 Å². The van der Waals surface area contributed by atoms with Crippen molar-refractivity contribution >= 4 is 11.6 Å². The number of nitrogens with one attached hydrogen (secondary N) is 1. The Morgan fingerprint density at radius 2 is 1.52 bits per heavy atom. The predicted octanol–water partition coefficient (Wildman–Crippen LogP) is 3.45. The molecule has 5 nitrogen and oxygen atoms in total. The Bertz CT molecular complexity index is 618. The van der Waals surface area contributed by atoms with Gasteiger partial charge in [0.25, 0.3) is 0 Å². The van der Waals surface area contributed by atoms with Crippen LogP contribution in [0.5, 0.6) is 23.0 Å². The van der Waals surface area contributed by atoms with Crippen LogP contribution >= 0.6 is 0 Å². The SMILES string of the molecule is COc1cc(OC)cc(Oc2ccccc2NC(C)=O)c1. The van der Waals surface area contributed by atoms with E-state index in [4.69, 9.17) is 14.2 Å². The smallest absolute Gasteiger partial charge is 0.221 e. The maximum absolute atomic E-state index is 11.2. The van der Waals surface area contributed by atoms with Crippen LogP contribution in [0, 0.1) is 0 Å². The first-order chi connectivity index (χ1) is 10.1. The molecular weight excluding hydrogens is 270 g/mol. The molecule has 0 saturated heterocycles. The molecule has 0 unspecified atom stereocenters. The molecule has 0 radical (unpaired) electrons. The molecule has 0 aliphatic heterocycles. The monoisotopic (exact) mass is 287 g/mol. The Morgan fingerprint density at radius 1 is 0.952 bits per heavy atom. The van der Waals surface area contributed by atoms with Gasteiger partial charge in [0.1, 0.15) is 17.2 Å². The molecule has 2 aromatic carbocycles. The highest BCUT2D eigenvalue weighted by molar-refractivity contribution is 5.90. The van der Waals surface area contributed by atoms with Crippen LogP contribution in [-0.4, -0.2) is 20.1 Å². The molecule has 0 heterocycles. The fourth-order valence-electron chi connectivity index (χ4n) is 1.82. The van der Waals surface area contributed by atoms with Crippen LogP contribution in [0.4, 0.5) is 5.69 Å². The zero-order chi connectivity index (χ0) is 15.2. The van der Waals surface area contributed by atoms with Crippen LogP contribution in [0.3, 0.4) is 0 Å². The van der Waals surface area contributed by atoms with E-state index in [1.165, 1.54) is 6.92 Å². The lowest BCUT2D eigenvalue weighted by atomic mass is 10.2. The van der Waals surface area contributed by atoms with Crippen LogP contribution in [0.25, 0.3) is 0 Å². The van der Waals surface area contributed by atoms with Crippen molar-refractivity contribution in [2.24, 2.45) is 0 Å². The number of anilines is 1. The van der Waals surface area contributed by atoms with E-state index in [0.29, 0.717) is 28.7 Å². The van der Waals surface area contributed by atoms with Crippen molar-refractivity contribution in [3.63, 3.8) is 0 Å². The van der Waals surface area contributed by atoms with Gasteiger partial charge in [-0.25, -0.2) is 0 Å². The molecule has 0 fully saturated rings. The van der Waals surface area contributed by atoms with Crippen molar-refractivity contribution in [2.45, 2.75) is 6.92 Å². The first-order valence-corrected chi connectivity index (χ1v) is 6.40. The summed E-state index contributed by atoms with van der Waals surface area (Å²) in [6.07, 6.45) is 0. The van der Waals surface area contributed by atoms with E-state index in [2.05, 4.69) is 5.32 Å². The van der Waals surface area contributed by atoms with Crippen LogP contribution in [-0.2, 0) is 4.79 Å². The lowest BCUT2D eigenvalue weighted by Crippen LogP contribution is -2.06. The normalized spacial score (nSPS) is 9.86. The third kappa shape index (κ3) is 3.89.